The fourth-order valence-electron chi connectivity index (χ4n) is 2.74. The zero-order valence-electron chi connectivity index (χ0n) is 14.9. The summed E-state index contributed by atoms with van der Waals surface area (Å²) in [6, 6.07) is 14.0. The quantitative estimate of drug-likeness (QED) is 0.499. The lowest BCUT2D eigenvalue weighted by molar-refractivity contribution is 0.0993. The molecule has 128 valence electrons. The number of nitrogens with zero attached hydrogens (tertiary/aromatic N) is 3. The second kappa shape index (κ2) is 7.23. The summed E-state index contributed by atoms with van der Waals surface area (Å²) in [5.41, 5.74) is 5.04. The number of benzene rings is 2. The van der Waals surface area contributed by atoms with E-state index in [1.165, 1.54) is 11.8 Å². The van der Waals surface area contributed by atoms with Crippen molar-refractivity contribution in [3.8, 4) is 5.69 Å². The van der Waals surface area contributed by atoms with Gasteiger partial charge in [-0.1, -0.05) is 47.7 Å². The fourth-order valence-corrected chi connectivity index (χ4v) is 3.64. The lowest BCUT2D eigenvalue weighted by Crippen LogP contribution is -2.16. The molecule has 1 atom stereocenters. The van der Waals surface area contributed by atoms with Crippen LogP contribution >= 0.6 is 11.8 Å². The number of para-hydroxylation sites is 1. The van der Waals surface area contributed by atoms with Crippen molar-refractivity contribution in [2.24, 2.45) is 0 Å². The highest BCUT2D eigenvalue weighted by molar-refractivity contribution is 8.00. The van der Waals surface area contributed by atoms with Crippen molar-refractivity contribution in [1.82, 2.24) is 14.8 Å². The molecule has 0 bridgehead atoms. The molecule has 4 nitrogen and oxygen atoms in total. The van der Waals surface area contributed by atoms with Gasteiger partial charge in [-0.2, -0.15) is 0 Å². The first-order chi connectivity index (χ1) is 12.0. The average molecular weight is 351 g/mol. The van der Waals surface area contributed by atoms with E-state index in [-0.39, 0.29) is 11.0 Å². The Morgan fingerprint density at radius 2 is 1.84 bits per heavy atom. The molecule has 0 radical (unpaired) electrons. The maximum Gasteiger partial charge on any atom is 0.196 e. The van der Waals surface area contributed by atoms with Gasteiger partial charge in [0, 0.05) is 5.56 Å². The number of aryl methyl sites for hydroxylation is 3. The summed E-state index contributed by atoms with van der Waals surface area (Å²) in [4.78, 5) is 12.9. The Bertz CT molecular complexity index is 917. The molecule has 0 saturated heterocycles. The second-order valence-electron chi connectivity index (χ2n) is 6.21. The number of aromatic nitrogens is 3. The van der Waals surface area contributed by atoms with Gasteiger partial charge in [-0.05, 0) is 51.0 Å². The predicted octanol–water partition coefficient (Wildman–Crippen LogP) is 4.56. The lowest BCUT2D eigenvalue weighted by Gasteiger charge is -2.14. The Kier molecular flexibility index (Phi) is 5.04. The molecule has 3 rings (SSSR count). The Labute approximate surface area is 152 Å². The van der Waals surface area contributed by atoms with Crippen LogP contribution in [-0.2, 0) is 0 Å². The van der Waals surface area contributed by atoms with E-state index >= 15 is 0 Å². The predicted molar refractivity (Wildman–Crippen MR) is 102 cm³/mol. The van der Waals surface area contributed by atoms with Crippen molar-refractivity contribution >= 4 is 17.5 Å². The van der Waals surface area contributed by atoms with Crippen LogP contribution in [0.15, 0.2) is 53.9 Å². The Morgan fingerprint density at radius 3 is 2.60 bits per heavy atom. The molecule has 1 aromatic heterocycles. The van der Waals surface area contributed by atoms with Crippen LogP contribution in [0, 0.1) is 20.8 Å². The van der Waals surface area contributed by atoms with Crippen LogP contribution in [0.5, 0.6) is 0 Å². The summed E-state index contributed by atoms with van der Waals surface area (Å²) < 4.78 is 1.94. The van der Waals surface area contributed by atoms with Gasteiger partial charge in [-0.15, -0.1) is 10.2 Å². The van der Waals surface area contributed by atoms with Gasteiger partial charge in [-0.3, -0.25) is 9.36 Å². The normalized spacial score (nSPS) is 12.2. The van der Waals surface area contributed by atoms with Gasteiger partial charge in [0.2, 0.25) is 0 Å². The highest BCUT2D eigenvalue weighted by atomic mass is 32.2. The van der Waals surface area contributed by atoms with Crippen molar-refractivity contribution in [3.05, 3.63) is 71.0 Å². The molecule has 0 N–H and O–H groups in total. The van der Waals surface area contributed by atoms with Gasteiger partial charge in [0.15, 0.2) is 10.9 Å². The summed E-state index contributed by atoms with van der Waals surface area (Å²) in [5.74, 6) is 0.116. The van der Waals surface area contributed by atoms with Gasteiger partial charge in [0.05, 0.1) is 10.9 Å². The Hall–Kier alpha value is -2.40. The highest BCUT2D eigenvalue weighted by Gasteiger charge is 2.21. The number of thioether (sulfide) groups is 1. The number of Topliss-reactive ketones (excluding diaryl/α,β-unsaturated/α-hetero) is 1. The summed E-state index contributed by atoms with van der Waals surface area (Å²) in [6.07, 6.45) is 1.69. The standard InChI is InChI=1S/C20H21N3OS/c1-13-9-10-14(2)17(11-13)19(24)16(4)25-20-22-21-12-23(20)18-8-6-5-7-15(18)3/h5-12,16H,1-4H3. The van der Waals surface area contributed by atoms with Crippen LogP contribution in [0.25, 0.3) is 5.69 Å². The molecule has 0 aliphatic rings. The summed E-state index contributed by atoms with van der Waals surface area (Å²) in [7, 11) is 0. The van der Waals surface area contributed by atoms with E-state index in [9.17, 15) is 4.79 Å². The van der Waals surface area contributed by atoms with Gasteiger partial charge in [0.25, 0.3) is 0 Å². The largest absolute Gasteiger partial charge is 0.293 e. The molecule has 0 amide bonds. The summed E-state index contributed by atoms with van der Waals surface area (Å²) >= 11 is 1.44. The van der Waals surface area contributed by atoms with Crippen LogP contribution in [0.3, 0.4) is 0 Å². The molecule has 3 aromatic rings. The van der Waals surface area contributed by atoms with E-state index in [0.29, 0.717) is 0 Å². The van der Waals surface area contributed by atoms with E-state index in [4.69, 9.17) is 0 Å². The number of hydrogen-bond donors (Lipinski definition) is 0. The molecule has 0 fully saturated rings. The van der Waals surface area contributed by atoms with Crippen molar-refractivity contribution in [2.45, 2.75) is 38.1 Å². The molecule has 0 saturated carbocycles. The molecule has 25 heavy (non-hydrogen) atoms. The topological polar surface area (TPSA) is 47.8 Å². The Morgan fingerprint density at radius 1 is 1.08 bits per heavy atom. The second-order valence-corrected chi connectivity index (χ2v) is 7.52. The minimum Gasteiger partial charge on any atom is -0.293 e. The third kappa shape index (κ3) is 3.66. The van der Waals surface area contributed by atoms with Crippen molar-refractivity contribution < 1.29 is 4.79 Å². The highest BCUT2D eigenvalue weighted by Crippen LogP contribution is 2.28. The van der Waals surface area contributed by atoms with Gasteiger partial charge < -0.3 is 0 Å². The zero-order valence-corrected chi connectivity index (χ0v) is 15.7. The molecule has 1 heterocycles. The number of hydrogen-bond acceptors (Lipinski definition) is 4. The number of ketones is 1. The molecule has 0 aliphatic carbocycles. The van der Waals surface area contributed by atoms with Crippen molar-refractivity contribution in [2.75, 3.05) is 0 Å². The molecule has 0 spiro atoms. The molecular weight excluding hydrogens is 330 g/mol. The third-order valence-electron chi connectivity index (χ3n) is 4.20. The Balaban J connectivity index is 1.86. The van der Waals surface area contributed by atoms with E-state index in [0.717, 1.165) is 33.1 Å². The number of carbonyl (C=O) groups excluding carboxylic acids is 1. The van der Waals surface area contributed by atoms with Gasteiger partial charge in [0.1, 0.15) is 6.33 Å². The van der Waals surface area contributed by atoms with Gasteiger partial charge >= 0.3 is 0 Å². The summed E-state index contributed by atoms with van der Waals surface area (Å²) in [6.45, 7) is 7.95. The zero-order chi connectivity index (χ0) is 18.0. The van der Waals surface area contributed by atoms with Gasteiger partial charge in [-0.25, -0.2) is 0 Å². The minimum absolute atomic E-state index is 0.116. The minimum atomic E-state index is -0.243. The van der Waals surface area contributed by atoms with E-state index in [1.807, 2.05) is 61.7 Å². The molecule has 2 aromatic carbocycles. The monoisotopic (exact) mass is 351 g/mol. The number of carbonyl (C=O) groups is 1. The first-order valence-electron chi connectivity index (χ1n) is 8.21. The first kappa shape index (κ1) is 17.4. The van der Waals surface area contributed by atoms with E-state index < -0.39 is 0 Å². The fraction of sp³-hybridized carbons (Fsp3) is 0.250. The van der Waals surface area contributed by atoms with E-state index in [2.05, 4.69) is 23.2 Å². The van der Waals surface area contributed by atoms with Crippen LogP contribution in [-0.4, -0.2) is 25.8 Å². The maximum absolute atomic E-state index is 12.9. The third-order valence-corrected chi connectivity index (χ3v) is 5.26. The van der Waals surface area contributed by atoms with E-state index in [1.54, 1.807) is 6.33 Å². The van der Waals surface area contributed by atoms with Crippen molar-refractivity contribution in [1.29, 1.82) is 0 Å². The molecule has 5 heteroatoms. The average Bonchev–Trinajstić information content (AvgIpc) is 3.04. The maximum atomic E-state index is 12.9. The first-order valence-corrected chi connectivity index (χ1v) is 9.09. The summed E-state index contributed by atoms with van der Waals surface area (Å²) in [5, 5.41) is 8.73. The SMILES string of the molecule is Cc1ccc(C)c(C(=O)C(C)Sc2nncn2-c2ccccc2C)c1. The molecule has 0 aliphatic heterocycles. The van der Waals surface area contributed by atoms with Crippen LogP contribution in [0.1, 0.15) is 34.0 Å². The van der Waals surface area contributed by atoms with Crippen LogP contribution in [0.4, 0.5) is 0 Å². The van der Waals surface area contributed by atoms with Crippen LogP contribution < -0.4 is 0 Å². The van der Waals surface area contributed by atoms with Crippen LogP contribution in [0.2, 0.25) is 0 Å². The number of rotatable bonds is 5. The lowest BCUT2D eigenvalue weighted by atomic mass is 10.0. The molecule has 1 unspecified atom stereocenters. The van der Waals surface area contributed by atoms with Crippen molar-refractivity contribution in [3.63, 3.8) is 0 Å². The molecular formula is C20H21N3OS. The smallest absolute Gasteiger partial charge is 0.196 e.